The van der Waals surface area contributed by atoms with E-state index in [1.807, 2.05) is 30.3 Å². The Balaban J connectivity index is 1.41. The summed E-state index contributed by atoms with van der Waals surface area (Å²) in [6.07, 6.45) is 1.93. The highest BCUT2D eigenvalue weighted by molar-refractivity contribution is 6.30. The number of benzene rings is 3. The molecule has 5 heteroatoms. The first-order chi connectivity index (χ1) is 16.1. The largest absolute Gasteiger partial charge is 0.353 e. The molecule has 164 valence electrons. The molecule has 0 aliphatic carbocycles. The second-order valence-electron chi connectivity index (χ2n) is 8.33. The molecule has 4 nitrogen and oxygen atoms in total. The third kappa shape index (κ3) is 4.62. The van der Waals surface area contributed by atoms with Gasteiger partial charge in [0.2, 0.25) is 5.91 Å². The number of carbonyl (C=O) groups excluding carboxylic acids is 1. The Morgan fingerprint density at radius 3 is 2.76 bits per heavy atom. The molecule has 33 heavy (non-hydrogen) atoms. The molecule has 0 aliphatic rings. The Bertz CT molecular complexity index is 1470. The molecule has 0 spiro atoms. The summed E-state index contributed by atoms with van der Waals surface area (Å²) in [5, 5.41) is 5.85. The van der Waals surface area contributed by atoms with Crippen LogP contribution in [0, 0.1) is 6.92 Å². The van der Waals surface area contributed by atoms with Gasteiger partial charge in [-0.15, -0.1) is 0 Å². The van der Waals surface area contributed by atoms with Crippen LogP contribution < -0.4 is 5.32 Å². The molecule has 5 aromatic rings. The number of carbonyl (C=O) groups is 1. The summed E-state index contributed by atoms with van der Waals surface area (Å²) in [6.45, 7) is 2.10. The molecule has 0 radical (unpaired) electrons. The molecule has 3 aromatic carbocycles. The molecule has 5 rings (SSSR count). The van der Waals surface area contributed by atoms with Gasteiger partial charge in [-0.25, -0.2) is 4.98 Å². The van der Waals surface area contributed by atoms with E-state index in [2.05, 4.69) is 53.6 Å². The van der Waals surface area contributed by atoms with E-state index in [1.54, 1.807) is 12.1 Å². The fourth-order valence-electron chi connectivity index (χ4n) is 4.26. The van der Waals surface area contributed by atoms with E-state index in [1.165, 1.54) is 16.5 Å². The molecule has 0 saturated heterocycles. The van der Waals surface area contributed by atoms with E-state index in [0.29, 0.717) is 11.4 Å². The predicted octanol–water partition coefficient (Wildman–Crippen LogP) is 7.31. The number of amides is 1. The molecule has 2 heterocycles. The smallest absolute Gasteiger partial charge is 0.224 e. The third-order valence-corrected chi connectivity index (χ3v) is 6.09. The van der Waals surface area contributed by atoms with Gasteiger partial charge in [0.1, 0.15) is 0 Å². The standard InChI is InChI=1S/C28H24ClN3O/c1-18-12-14-25-23(16-18)22(9-5-11-27(33)30-21-8-4-7-20(29)17-21)28(32-25)26-15-13-19-6-2-3-10-24(19)31-26/h2-4,6-8,10,12-17,32H,5,9,11H2,1H3,(H,30,33). The molecule has 2 N–H and O–H groups in total. The monoisotopic (exact) mass is 453 g/mol. The number of anilines is 1. The zero-order valence-corrected chi connectivity index (χ0v) is 19.1. The van der Waals surface area contributed by atoms with Crippen LogP contribution in [0.1, 0.15) is 24.0 Å². The quantitative estimate of drug-likeness (QED) is 0.283. The van der Waals surface area contributed by atoms with E-state index in [4.69, 9.17) is 16.6 Å². The van der Waals surface area contributed by atoms with E-state index < -0.39 is 0 Å². The number of fused-ring (bicyclic) bond motifs is 2. The number of aromatic nitrogens is 2. The van der Waals surface area contributed by atoms with Gasteiger partial charge in [-0.1, -0.05) is 53.6 Å². The lowest BCUT2D eigenvalue weighted by atomic mass is 10.0. The Morgan fingerprint density at radius 2 is 1.88 bits per heavy atom. The summed E-state index contributed by atoms with van der Waals surface area (Å²) < 4.78 is 0. The number of halogens is 1. The zero-order chi connectivity index (χ0) is 22.8. The highest BCUT2D eigenvalue weighted by Gasteiger charge is 2.15. The molecule has 0 unspecified atom stereocenters. The van der Waals surface area contributed by atoms with Crippen LogP contribution in [-0.4, -0.2) is 15.9 Å². The minimum absolute atomic E-state index is 0.0151. The van der Waals surface area contributed by atoms with Gasteiger partial charge in [0.25, 0.3) is 0 Å². The van der Waals surface area contributed by atoms with Crippen LogP contribution in [-0.2, 0) is 11.2 Å². The van der Waals surface area contributed by atoms with Crippen molar-refractivity contribution in [3.63, 3.8) is 0 Å². The van der Waals surface area contributed by atoms with E-state index >= 15 is 0 Å². The van der Waals surface area contributed by atoms with Gasteiger partial charge in [0.15, 0.2) is 0 Å². The average Bonchev–Trinajstić information content (AvgIpc) is 3.16. The lowest BCUT2D eigenvalue weighted by molar-refractivity contribution is -0.116. The first-order valence-electron chi connectivity index (χ1n) is 11.1. The van der Waals surface area contributed by atoms with E-state index in [9.17, 15) is 4.79 Å². The Labute approximate surface area is 197 Å². The average molecular weight is 454 g/mol. The maximum Gasteiger partial charge on any atom is 0.224 e. The van der Waals surface area contributed by atoms with Crippen molar-refractivity contribution in [2.75, 3.05) is 5.32 Å². The SMILES string of the molecule is Cc1ccc2[nH]c(-c3ccc4ccccc4n3)c(CCCC(=O)Nc3cccc(Cl)c3)c2c1. The summed E-state index contributed by atoms with van der Waals surface area (Å²) in [5.74, 6) is -0.0151. The summed E-state index contributed by atoms with van der Waals surface area (Å²) in [5.41, 5.74) is 7.13. The summed E-state index contributed by atoms with van der Waals surface area (Å²) in [4.78, 5) is 21.0. The lowest BCUT2D eigenvalue weighted by Crippen LogP contribution is -2.11. The fraction of sp³-hybridized carbons (Fsp3) is 0.143. The number of hydrogen-bond acceptors (Lipinski definition) is 2. The van der Waals surface area contributed by atoms with Gasteiger partial charge in [-0.3, -0.25) is 4.79 Å². The van der Waals surface area contributed by atoms with Gasteiger partial charge in [0, 0.05) is 33.4 Å². The van der Waals surface area contributed by atoms with Gasteiger partial charge < -0.3 is 10.3 Å². The van der Waals surface area contributed by atoms with Crippen LogP contribution in [0.3, 0.4) is 0 Å². The summed E-state index contributed by atoms with van der Waals surface area (Å²) >= 11 is 6.02. The van der Waals surface area contributed by atoms with Crippen LogP contribution >= 0.6 is 11.6 Å². The zero-order valence-electron chi connectivity index (χ0n) is 18.4. The van der Waals surface area contributed by atoms with Crippen LogP contribution in [0.2, 0.25) is 5.02 Å². The number of para-hydroxylation sites is 1. The van der Waals surface area contributed by atoms with Gasteiger partial charge in [-0.2, -0.15) is 0 Å². The second kappa shape index (κ2) is 9.08. The molecule has 0 bridgehead atoms. The highest BCUT2D eigenvalue weighted by atomic mass is 35.5. The van der Waals surface area contributed by atoms with Crippen molar-refractivity contribution in [2.24, 2.45) is 0 Å². The molecule has 1 amide bonds. The summed E-state index contributed by atoms with van der Waals surface area (Å²) in [6, 6.07) is 26.0. The molecule has 0 fully saturated rings. The molecular weight excluding hydrogens is 430 g/mol. The fourth-order valence-corrected chi connectivity index (χ4v) is 4.45. The van der Waals surface area contributed by atoms with Crippen molar-refractivity contribution in [2.45, 2.75) is 26.2 Å². The first-order valence-corrected chi connectivity index (χ1v) is 11.5. The number of H-pyrrole nitrogens is 1. The van der Waals surface area contributed by atoms with Crippen LogP contribution in [0.5, 0.6) is 0 Å². The van der Waals surface area contributed by atoms with Crippen LogP contribution in [0.25, 0.3) is 33.2 Å². The Hall–Kier alpha value is -3.63. The van der Waals surface area contributed by atoms with Crippen molar-refractivity contribution >= 4 is 45.0 Å². The molecular formula is C28H24ClN3O. The minimum atomic E-state index is -0.0151. The van der Waals surface area contributed by atoms with Gasteiger partial charge in [0.05, 0.1) is 16.9 Å². The summed E-state index contributed by atoms with van der Waals surface area (Å²) in [7, 11) is 0. The maximum atomic E-state index is 12.5. The third-order valence-electron chi connectivity index (χ3n) is 5.86. The van der Waals surface area contributed by atoms with E-state index in [-0.39, 0.29) is 5.91 Å². The van der Waals surface area contributed by atoms with Crippen molar-refractivity contribution in [1.82, 2.24) is 9.97 Å². The predicted molar refractivity (Wildman–Crippen MR) is 137 cm³/mol. The number of aromatic amines is 1. The van der Waals surface area contributed by atoms with Crippen LogP contribution in [0.4, 0.5) is 5.69 Å². The second-order valence-corrected chi connectivity index (χ2v) is 8.77. The highest BCUT2D eigenvalue weighted by Crippen LogP contribution is 2.32. The number of aryl methyl sites for hydroxylation is 2. The van der Waals surface area contributed by atoms with Crippen molar-refractivity contribution < 1.29 is 4.79 Å². The van der Waals surface area contributed by atoms with E-state index in [0.717, 1.165) is 46.3 Å². The first kappa shape index (κ1) is 21.2. The lowest BCUT2D eigenvalue weighted by Gasteiger charge is -2.08. The Morgan fingerprint density at radius 1 is 1.00 bits per heavy atom. The van der Waals surface area contributed by atoms with Crippen molar-refractivity contribution in [3.05, 3.63) is 95.0 Å². The Kier molecular flexibility index (Phi) is 5.84. The minimum Gasteiger partial charge on any atom is -0.353 e. The number of nitrogens with one attached hydrogen (secondary N) is 2. The number of pyridine rings is 1. The molecule has 0 atom stereocenters. The maximum absolute atomic E-state index is 12.5. The topological polar surface area (TPSA) is 57.8 Å². The molecule has 0 aliphatic heterocycles. The molecule has 2 aromatic heterocycles. The number of rotatable bonds is 6. The van der Waals surface area contributed by atoms with Gasteiger partial charge >= 0.3 is 0 Å². The van der Waals surface area contributed by atoms with Crippen molar-refractivity contribution in [3.8, 4) is 11.4 Å². The number of nitrogens with zero attached hydrogens (tertiary/aromatic N) is 1. The normalized spacial score (nSPS) is 11.2. The van der Waals surface area contributed by atoms with Gasteiger partial charge in [-0.05, 0) is 67.8 Å². The molecule has 0 saturated carbocycles. The number of hydrogen-bond donors (Lipinski definition) is 2. The van der Waals surface area contributed by atoms with Crippen LogP contribution in [0.15, 0.2) is 78.9 Å². The van der Waals surface area contributed by atoms with Crippen molar-refractivity contribution in [1.29, 1.82) is 0 Å².